The molecule has 1 aliphatic heterocycles. The molecule has 1 aromatic carbocycles. The van der Waals surface area contributed by atoms with Crippen LogP contribution in [-0.2, 0) is 18.0 Å². The van der Waals surface area contributed by atoms with Crippen LogP contribution in [0.1, 0.15) is 21.6 Å². The molecule has 0 spiro atoms. The highest BCUT2D eigenvalue weighted by atomic mass is 35.5. The Morgan fingerprint density at radius 3 is 2.85 bits per heavy atom. The van der Waals surface area contributed by atoms with Crippen LogP contribution in [0.4, 0.5) is 10.2 Å². The Hall–Kier alpha value is -3.10. The van der Waals surface area contributed by atoms with Crippen molar-refractivity contribution < 1.29 is 13.9 Å². The number of aromatic nitrogens is 2. The fourth-order valence-corrected chi connectivity index (χ4v) is 4.57. The van der Waals surface area contributed by atoms with Gasteiger partial charge in [0.15, 0.2) is 16.4 Å². The topological polar surface area (TPSA) is 86.8 Å². The van der Waals surface area contributed by atoms with Gasteiger partial charge in [-0.15, -0.1) is 11.3 Å². The van der Waals surface area contributed by atoms with E-state index in [1.165, 1.54) is 23.5 Å². The minimum absolute atomic E-state index is 0.0186. The van der Waals surface area contributed by atoms with Gasteiger partial charge in [-0.3, -0.25) is 14.3 Å². The van der Waals surface area contributed by atoms with E-state index < -0.39 is 5.82 Å². The van der Waals surface area contributed by atoms with Gasteiger partial charge in [0, 0.05) is 57.5 Å². The van der Waals surface area contributed by atoms with Crippen molar-refractivity contribution in [1.82, 2.24) is 19.4 Å². The van der Waals surface area contributed by atoms with Crippen LogP contribution in [0, 0.1) is 17.1 Å². The maximum Gasteiger partial charge on any atom is 0.256 e. The molecule has 0 bridgehead atoms. The summed E-state index contributed by atoms with van der Waals surface area (Å²) in [6.07, 6.45) is 1.87. The van der Waals surface area contributed by atoms with Gasteiger partial charge in [0.05, 0.1) is 27.9 Å². The molecule has 3 aromatic rings. The molecule has 1 saturated heterocycles. The Kier molecular flexibility index (Phi) is 7.70. The molecule has 1 aliphatic rings. The van der Waals surface area contributed by atoms with Gasteiger partial charge in [0.25, 0.3) is 5.91 Å². The van der Waals surface area contributed by atoms with Gasteiger partial charge in [-0.2, -0.15) is 5.26 Å². The van der Waals surface area contributed by atoms with Gasteiger partial charge in [-0.25, -0.2) is 14.4 Å². The molecular formula is C23H22ClFN6O2S. The van der Waals surface area contributed by atoms with E-state index >= 15 is 0 Å². The molecule has 0 aliphatic carbocycles. The number of thiazole rings is 1. The lowest BCUT2D eigenvalue weighted by Crippen LogP contribution is -2.48. The number of hydrogen-bond donors (Lipinski definition) is 0. The quantitative estimate of drug-likeness (QED) is 0.517. The summed E-state index contributed by atoms with van der Waals surface area (Å²) in [5.74, 6) is -0.611. The predicted molar refractivity (Wildman–Crippen MR) is 126 cm³/mol. The molecule has 4 rings (SSSR count). The number of nitriles is 1. The first kappa shape index (κ1) is 24.0. The number of rotatable bonds is 6. The van der Waals surface area contributed by atoms with E-state index in [4.69, 9.17) is 16.3 Å². The van der Waals surface area contributed by atoms with E-state index in [0.717, 1.165) is 4.80 Å². The third kappa shape index (κ3) is 5.51. The summed E-state index contributed by atoms with van der Waals surface area (Å²) in [5, 5.41) is 11.3. The Balaban J connectivity index is 1.45. The molecule has 1 fully saturated rings. The van der Waals surface area contributed by atoms with Gasteiger partial charge < -0.3 is 9.64 Å². The van der Waals surface area contributed by atoms with E-state index in [1.54, 1.807) is 30.2 Å². The number of carbonyl (C=O) groups is 1. The Morgan fingerprint density at radius 1 is 1.32 bits per heavy atom. The van der Waals surface area contributed by atoms with E-state index in [9.17, 15) is 14.4 Å². The zero-order valence-corrected chi connectivity index (χ0v) is 20.0. The van der Waals surface area contributed by atoms with Crippen LogP contribution >= 0.6 is 22.9 Å². The molecule has 0 atom stereocenters. The summed E-state index contributed by atoms with van der Waals surface area (Å²) in [5.41, 5.74) is 1.17. The summed E-state index contributed by atoms with van der Waals surface area (Å²) in [6, 6.07) is 10.00. The van der Waals surface area contributed by atoms with Crippen molar-refractivity contribution >= 4 is 34.7 Å². The number of amides is 1. The highest BCUT2D eigenvalue weighted by molar-refractivity contribution is 7.07. The summed E-state index contributed by atoms with van der Waals surface area (Å²) in [6.45, 7) is 2.97. The van der Waals surface area contributed by atoms with Crippen molar-refractivity contribution in [3.8, 4) is 6.07 Å². The van der Waals surface area contributed by atoms with Crippen molar-refractivity contribution in [3.05, 3.63) is 74.4 Å². The number of methoxy groups -OCH3 is 1. The number of pyridine rings is 1. The summed E-state index contributed by atoms with van der Waals surface area (Å²) < 4.78 is 21.3. The fraction of sp³-hybridized carbons (Fsp3) is 0.304. The lowest BCUT2D eigenvalue weighted by molar-refractivity contribution is 0.0622. The monoisotopic (exact) mass is 500 g/mol. The van der Waals surface area contributed by atoms with E-state index in [0.29, 0.717) is 56.5 Å². The Morgan fingerprint density at radius 2 is 2.12 bits per heavy atom. The van der Waals surface area contributed by atoms with Crippen molar-refractivity contribution in [1.29, 1.82) is 5.26 Å². The lowest BCUT2D eigenvalue weighted by atomic mass is 10.1. The van der Waals surface area contributed by atoms with Crippen LogP contribution in [-0.4, -0.2) is 58.5 Å². The molecule has 11 heteroatoms. The minimum Gasteiger partial charge on any atom is -0.364 e. The van der Waals surface area contributed by atoms with Crippen LogP contribution in [0.15, 0.2) is 46.9 Å². The standard InChI is InChI=1S/C23H22ClFN6O2S/c1-33-15-31-9-10-34-23(31)28-20-12-16(13-26)11-17(27-20)14-29-5-7-30(8-6-29)22(32)18-3-2-4-19(24)21(18)25/h2-4,9-12H,5-8,14-15H2,1H3/b28-23-. The third-order valence-electron chi connectivity index (χ3n) is 5.36. The van der Waals surface area contributed by atoms with Gasteiger partial charge in [-0.05, 0) is 18.2 Å². The van der Waals surface area contributed by atoms with Crippen molar-refractivity contribution in [2.24, 2.45) is 4.99 Å². The molecule has 0 unspecified atom stereocenters. The Labute approximate surface area is 205 Å². The van der Waals surface area contributed by atoms with E-state index in [1.807, 2.05) is 16.1 Å². The molecule has 1 amide bonds. The second kappa shape index (κ2) is 10.9. The molecule has 0 radical (unpaired) electrons. The van der Waals surface area contributed by atoms with Crippen LogP contribution < -0.4 is 4.80 Å². The second-order valence-corrected chi connectivity index (χ2v) is 8.95. The number of nitrogens with zero attached hydrogens (tertiary/aromatic N) is 6. The zero-order chi connectivity index (χ0) is 24.1. The van der Waals surface area contributed by atoms with Crippen LogP contribution in [0.2, 0.25) is 5.02 Å². The maximum absolute atomic E-state index is 14.2. The molecule has 34 heavy (non-hydrogen) atoms. The molecule has 0 N–H and O–H groups in total. The molecule has 176 valence electrons. The number of halogens is 2. The average molecular weight is 501 g/mol. The maximum atomic E-state index is 14.2. The van der Waals surface area contributed by atoms with Gasteiger partial charge in [-0.1, -0.05) is 17.7 Å². The highest BCUT2D eigenvalue weighted by Crippen LogP contribution is 2.21. The molecular weight excluding hydrogens is 479 g/mol. The first-order chi connectivity index (χ1) is 16.5. The number of hydrogen-bond acceptors (Lipinski definition) is 7. The molecule has 0 saturated carbocycles. The summed E-state index contributed by atoms with van der Waals surface area (Å²) >= 11 is 7.27. The number of carbonyl (C=O) groups excluding carboxylic acids is 1. The van der Waals surface area contributed by atoms with Crippen molar-refractivity contribution in [2.45, 2.75) is 13.3 Å². The third-order valence-corrected chi connectivity index (χ3v) is 6.45. The molecule has 8 nitrogen and oxygen atoms in total. The van der Waals surface area contributed by atoms with Gasteiger partial charge in [0.1, 0.15) is 6.73 Å². The van der Waals surface area contributed by atoms with Crippen molar-refractivity contribution in [2.75, 3.05) is 33.3 Å². The predicted octanol–water partition coefficient (Wildman–Crippen LogP) is 3.40. The van der Waals surface area contributed by atoms with Crippen LogP contribution in [0.3, 0.4) is 0 Å². The van der Waals surface area contributed by atoms with E-state index in [-0.39, 0.29) is 16.5 Å². The fourth-order valence-electron chi connectivity index (χ4n) is 3.67. The van der Waals surface area contributed by atoms with Gasteiger partial charge in [0.2, 0.25) is 0 Å². The first-order valence-corrected chi connectivity index (χ1v) is 11.8. The summed E-state index contributed by atoms with van der Waals surface area (Å²) in [4.78, 5) is 26.4. The van der Waals surface area contributed by atoms with Gasteiger partial charge >= 0.3 is 0 Å². The lowest BCUT2D eigenvalue weighted by Gasteiger charge is -2.34. The number of piperazine rings is 1. The molecule has 2 aromatic heterocycles. The van der Waals surface area contributed by atoms with E-state index in [2.05, 4.69) is 20.9 Å². The zero-order valence-electron chi connectivity index (χ0n) is 18.4. The highest BCUT2D eigenvalue weighted by Gasteiger charge is 2.25. The largest absolute Gasteiger partial charge is 0.364 e. The second-order valence-electron chi connectivity index (χ2n) is 7.67. The smallest absolute Gasteiger partial charge is 0.256 e. The summed E-state index contributed by atoms with van der Waals surface area (Å²) in [7, 11) is 1.61. The van der Waals surface area contributed by atoms with Crippen LogP contribution in [0.25, 0.3) is 0 Å². The SMILES string of the molecule is COCn1ccs/c1=N\c1cc(C#N)cc(CN2CCN(C(=O)c3cccc(Cl)c3F)CC2)n1. The van der Waals surface area contributed by atoms with Crippen LogP contribution in [0.5, 0.6) is 0 Å². The average Bonchev–Trinajstić information content (AvgIpc) is 3.27. The Bertz CT molecular complexity index is 1290. The normalized spacial score (nSPS) is 14.9. The first-order valence-electron chi connectivity index (χ1n) is 10.5. The number of ether oxygens (including phenoxy) is 1. The van der Waals surface area contributed by atoms with Crippen molar-refractivity contribution in [3.63, 3.8) is 0 Å². The molecule has 3 heterocycles. The number of benzene rings is 1. The minimum atomic E-state index is -0.692.